The maximum Gasteiger partial charge on any atom is 0.338 e. The average Bonchev–Trinajstić information content (AvgIpc) is 2.81. The van der Waals surface area contributed by atoms with Crippen molar-refractivity contribution >= 4 is 68.1 Å². The molecule has 184 valence electrons. The minimum Gasteiger partial charge on any atom is -0.449 e. The third kappa shape index (κ3) is 6.89. The van der Waals surface area contributed by atoms with Gasteiger partial charge in [0.05, 0.1) is 21.3 Å². The molecule has 0 fully saturated rings. The van der Waals surface area contributed by atoms with Crippen LogP contribution in [0, 0.1) is 0 Å². The van der Waals surface area contributed by atoms with E-state index in [0.717, 1.165) is 18.1 Å². The van der Waals surface area contributed by atoms with E-state index in [0.29, 0.717) is 5.69 Å². The summed E-state index contributed by atoms with van der Waals surface area (Å²) in [6.07, 6.45) is -0.282. The van der Waals surface area contributed by atoms with Crippen molar-refractivity contribution in [2.45, 2.75) is 31.3 Å². The Morgan fingerprint density at radius 1 is 0.943 bits per heavy atom. The van der Waals surface area contributed by atoms with Crippen LogP contribution in [-0.4, -0.2) is 26.4 Å². The topological polar surface area (TPSA) is 102 Å². The summed E-state index contributed by atoms with van der Waals surface area (Å²) in [5, 5.41) is 2.92. The summed E-state index contributed by atoms with van der Waals surface area (Å²) < 4.78 is 33.4. The lowest BCUT2D eigenvalue weighted by Crippen LogP contribution is -2.30. The summed E-state index contributed by atoms with van der Waals surface area (Å²) in [4.78, 5) is 24.7. The second-order valence-electron chi connectivity index (χ2n) is 7.46. The lowest BCUT2D eigenvalue weighted by Gasteiger charge is -2.15. The zero-order valence-corrected chi connectivity index (χ0v) is 21.7. The lowest BCUT2D eigenvalue weighted by molar-refractivity contribution is -0.123. The van der Waals surface area contributed by atoms with Gasteiger partial charge in [0.2, 0.25) is 0 Å². The van der Waals surface area contributed by atoms with Gasteiger partial charge in [0.15, 0.2) is 6.10 Å². The molecule has 0 aromatic heterocycles. The molecule has 0 bridgehead atoms. The summed E-state index contributed by atoms with van der Waals surface area (Å²) >= 11 is 18.1. The Morgan fingerprint density at radius 3 is 2.26 bits per heavy atom. The predicted octanol–water partition coefficient (Wildman–Crippen LogP) is 6.19. The highest BCUT2D eigenvalue weighted by molar-refractivity contribution is 7.92. The Balaban J connectivity index is 1.74. The molecule has 0 heterocycles. The van der Waals surface area contributed by atoms with E-state index < -0.39 is 28.0 Å². The van der Waals surface area contributed by atoms with Crippen LogP contribution in [0.3, 0.4) is 0 Å². The molecule has 0 saturated carbocycles. The number of hydrogen-bond acceptors (Lipinski definition) is 5. The lowest BCUT2D eigenvalue weighted by atomic mass is 10.1. The number of sulfonamides is 1. The first-order valence-corrected chi connectivity index (χ1v) is 13.0. The van der Waals surface area contributed by atoms with Crippen LogP contribution >= 0.6 is 34.8 Å². The Bertz CT molecular complexity index is 1360. The van der Waals surface area contributed by atoms with Crippen molar-refractivity contribution in [3.63, 3.8) is 0 Å². The number of benzene rings is 3. The van der Waals surface area contributed by atoms with Crippen LogP contribution in [0.2, 0.25) is 15.1 Å². The summed E-state index contributed by atoms with van der Waals surface area (Å²) in [5.74, 6) is -1.44. The van der Waals surface area contributed by atoms with Crippen molar-refractivity contribution in [3.8, 4) is 0 Å². The van der Waals surface area contributed by atoms with E-state index in [-0.39, 0.29) is 31.2 Å². The van der Waals surface area contributed by atoms with Gasteiger partial charge in [-0.05, 0) is 67.4 Å². The van der Waals surface area contributed by atoms with E-state index in [9.17, 15) is 18.0 Å². The van der Waals surface area contributed by atoms with Crippen molar-refractivity contribution in [3.05, 3.63) is 86.9 Å². The van der Waals surface area contributed by atoms with E-state index in [2.05, 4.69) is 10.0 Å². The molecule has 0 spiro atoms. The summed E-state index contributed by atoms with van der Waals surface area (Å²) in [5.41, 5.74) is 1.60. The molecular formula is C24H21Cl3N2O5S. The number of halogens is 3. The Hall–Kier alpha value is -2.78. The normalized spacial score (nSPS) is 12.0. The molecule has 0 aliphatic rings. The quantitative estimate of drug-likeness (QED) is 0.323. The van der Waals surface area contributed by atoms with Crippen LogP contribution in [0.1, 0.15) is 29.8 Å². The zero-order valence-electron chi connectivity index (χ0n) is 18.6. The maximum atomic E-state index is 12.9. The molecule has 3 aromatic rings. The number of esters is 1. The van der Waals surface area contributed by atoms with Crippen LogP contribution in [0.15, 0.2) is 65.6 Å². The molecule has 0 radical (unpaired) electrons. The van der Waals surface area contributed by atoms with Crippen LogP contribution in [0.5, 0.6) is 0 Å². The van der Waals surface area contributed by atoms with E-state index in [1.165, 1.54) is 37.3 Å². The zero-order chi connectivity index (χ0) is 25.8. The molecule has 7 nitrogen and oxygen atoms in total. The van der Waals surface area contributed by atoms with Gasteiger partial charge in [-0.2, -0.15) is 0 Å². The second kappa shape index (κ2) is 11.3. The fraction of sp³-hybridized carbons (Fsp3) is 0.167. The molecule has 2 N–H and O–H groups in total. The third-order valence-electron chi connectivity index (χ3n) is 4.91. The average molecular weight is 556 g/mol. The van der Waals surface area contributed by atoms with Crippen LogP contribution in [-0.2, 0) is 26.0 Å². The summed E-state index contributed by atoms with van der Waals surface area (Å²) in [6, 6.07) is 15.1. The molecule has 3 aromatic carbocycles. The number of hydrogen-bond donors (Lipinski definition) is 2. The molecule has 1 amide bonds. The van der Waals surface area contributed by atoms with E-state index in [1.807, 2.05) is 19.1 Å². The molecule has 0 saturated heterocycles. The third-order valence-corrected chi connectivity index (χ3v) is 7.32. The molecule has 0 unspecified atom stereocenters. The number of amides is 1. The number of ether oxygens (including phenoxy) is 1. The minimum atomic E-state index is -4.24. The molecule has 11 heteroatoms. The monoisotopic (exact) mass is 554 g/mol. The van der Waals surface area contributed by atoms with Gasteiger partial charge in [0, 0.05) is 10.7 Å². The second-order valence-corrected chi connectivity index (χ2v) is 10.4. The fourth-order valence-corrected chi connectivity index (χ4v) is 4.95. The number of rotatable bonds is 8. The Kier molecular flexibility index (Phi) is 8.66. The van der Waals surface area contributed by atoms with Crippen LogP contribution < -0.4 is 10.0 Å². The van der Waals surface area contributed by atoms with Gasteiger partial charge in [0.1, 0.15) is 4.90 Å². The van der Waals surface area contributed by atoms with Gasteiger partial charge in [0.25, 0.3) is 15.9 Å². The smallest absolute Gasteiger partial charge is 0.338 e. The molecule has 0 aliphatic heterocycles. The molecule has 35 heavy (non-hydrogen) atoms. The van der Waals surface area contributed by atoms with Crippen LogP contribution in [0.4, 0.5) is 11.4 Å². The van der Waals surface area contributed by atoms with Crippen molar-refractivity contribution in [2.24, 2.45) is 0 Å². The van der Waals surface area contributed by atoms with Gasteiger partial charge in [-0.3, -0.25) is 9.52 Å². The highest BCUT2D eigenvalue weighted by Crippen LogP contribution is 2.30. The Labute approximate surface area is 218 Å². The number of aryl methyl sites for hydroxylation is 1. The molecule has 3 rings (SSSR count). The van der Waals surface area contributed by atoms with E-state index >= 15 is 0 Å². The number of anilines is 2. The largest absolute Gasteiger partial charge is 0.449 e. The predicted molar refractivity (Wildman–Crippen MR) is 138 cm³/mol. The first-order chi connectivity index (χ1) is 16.5. The van der Waals surface area contributed by atoms with Crippen molar-refractivity contribution in [1.82, 2.24) is 0 Å². The Morgan fingerprint density at radius 2 is 1.60 bits per heavy atom. The SMILES string of the molecule is CCc1ccc(NC(=O)[C@H](C)OC(=O)c2ccc(Cl)c(S(=O)(=O)Nc3cc(Cl)ccc3Cl)c2)cc1. The molecular weight excluding hydrogens is 535 g/mol. The first kappa shape index (κ1) is 26.8. The van der Waals surface area contributed by atoms with Gasteiger partial charge in [-0.1, -0.05) is 53.9 Å². The van der Waals surface area contributed by atoms with Crippen molar-refractivity contribution in [2.75, 3.05) is 10.0 Å². The van der Waals surface area contributed by atoms with Gasteiger partial charge >= 0.3 is 5.97 Å². The summed E-state index contributed by atoms with van der Waals surface area (Å²) in [6.45, 7) is 3.43. The van der Waals surface area contributed by atoms with Gasteiger partial charge in [-0.15, -0.1) is 0 Å². The molecule has 0 aliphatic carbocycles. The number of carbonyl (C=O) groups excluding carboxylic acids is 2. The number of carbonyl (C=O) groups is 2. The van der Waals surface area contributed by atoms with E-state index in [1.54, 1.807) is 12.1 Å². The highest BCUT2D eigenvalue weighted by Gasteiger charge is 2.24. The number of nitrogens with one attached hydrogen (secondary N) is 2. The maximum absolute atomic E-state index is 12.9. The van der Waals surface area contributed by atoms with Gasteiger partial charge < -0.3 is 10.1 Å². The molecule has 1 atom stereocenters. The van der Waals surface area contributed by atoms with E-state index in [4.69, 9.17) is 39.5 Å². The summed E-state index contributed by atoms with van der Waals surface area (Å²) in [7, 11) is -4.24. The standard InChI is InChI=1S/C24H21Cl3N2O5S/c1-3-15-4-8-18(9-5-15)28-23(30)14(2)34-24(31)16-6-10-20(27)22(12-16)35(32,33)29-21-13-17(25)7-11-19(21)26/h4-14,29H,3H2,1-2H3,(H,28,30)/t14-/m0/s1. The van der Waals surface area contributed by atoms with Crippen molar-refractivity contribution < 1.29 is 22.7 Å². The van der Waals surface area contributed by atoms with Crippen LogP contribution in [0.25, 0.3) is 0 Å². The van der Waals surface area contributed by atoms with Gasteiger partial charge in [-0.25, -0.2) is 13.2 Å². The highest BCUT2D eigenvalue weighted by atomic mass is 35.5. The first-order valence-electron chi connectivity index (χ1n) is 10.4. The van der Waals surface area contributed by atoms with Crippen molar-refractivity contribution in [1.29, 1.82) is 0 Å². The minimum absolute atomic E-state index is 0.0421. The fourth-order valence-electron chi connectivity index (χ4n) is 2.96.